The Balaban J connectivity index is 2.30. The van der Waals surface area contributed by atoms with E-state index >= 15 is 0 Å². The molecule has 0 radical (unpaired) electrons. The summed E-state index contributed by atoms with van der Waals surface area (Å²) in [5.74, 6) is 1.46. The van der Waals surface area contributed by atoms with Gasteiger partial charge >= 0.3 is 0 Å². The molecule has 0 aliphatic carbocycles. The van der Waals surface area contributed by atoms with Gasteiger partial charge in [0.25, 0.3) is 0 Å². The van der Waals surface area contributed by atoms with Crippen LogP contribution in [0.1, 0.15) is 12.0 Å². The number of methoxy groups -OCH3 is 1. The third-order valence-corrected chi connectivity index (χ3v) is 3.45. The van der Waals surface area contributed by atoms with Crippen LogP contribution in [0.15, 0.2) is 43.0 Å². The highest BCUT2D eigenvalue weighted by Gasteiger charge is 2.20. The van der Waals surface area contributed by atoms with E-state index in [4.69, 9.17) is 4.74 Å². The molecule has 0 bridgehead atoms. The molecule has 96 valence electrons. The second kappa shape index (κ2) is 5.87. The molecule has 18 heavy (non-hydrogen) atoms. The monoisotopic (exact) mass is 243 g/mol. The maximum Gasteiger partial charge on any atom is 0.119 e. The molecule has 2 heteroatoms. The predicted octanol–water partition coefficient (Wildman–Crippen LogP) is 3.22. The summed E-state index contributed by atoms with van der Waals surface area (Å²) in [5, 5.41) is 0. The van der Waals surface area contributed by atoms with Gasteiger partial charge in [-0.2, -0.15) is 0 Å². The van der Waals surface area contributed by atoms with Gasteiger partial charge in [-0.05, 0) is 36.7 Å². The summed E-state index contributed by atoms with van der Waals surface area (Å²) in [6.45, 7) is 5.98. The molecule has 1 aromatic carbocycles. The fourth-order valence-corrected chi connectivity index (χ4v) is 2.53. The third kappa shape index (κ3) is 2.82. The lowest BCUT2D eigenvalue weighted by atomic mass is 9.87. The summed E-state index contributed by atoms with van der Waals surface area (Å²) in [6.07, 6.45) is 5.36. The first-order valence-corrected chi connectivity index (χ1v) is 6.38. The first-order chi connectivity index (χ1) is 8.74. The van der Waals surface area contributed by atoms with Gasteiger partial charge in [0.1, 0.15) is 5.75 Å². The lowest BCUT2D eigenvalue weighted by Crippen LogP contribution is -2.30. The van der Waals surface area contributed by atoms with Crippen LogP contribution in [0.3, 0.4) is 0 Å². The summed E-state index contributed by atoms with van der Waals surface area (Å²) in [7, 11) is 3.87. The number of hydrogen-bond acceptors (Lipinski definition) is 2. The van der Waals surface area contributed by atoms with E-state index in [1.165, 1.54) is 11.1 Å². The SMILES string of the molecule is C=CCC1CN(C)CC=C1c1cccc(OC)c1. The molecular weight excluding hydrogens is 222 g/mol. The van der Waals surface area contributed by atoms with Crippen molar-refractivity contribution in [1.82, 2.24) is 4.90 Å². The normalized spacial score (nSPS) is 20.3. The molecule has 0 saturated carbocycles. The Morgan fingerprint density at radius 2 is 2.33 bits per heavy atom. The largest absolute Gasteiger partial charge is 0.497 e. The average Bonchev–Trinajstić information content (AvgIpc) is 2.39. The van der Waals surface area contributed by atoms with Gasteiger partial charge in [0.2, 0.25) is 0 Å². The highest BCUT2D eigenvalue weighted by Crippen LogP contribution is 2.31. The summed E-state index contributed by atoms with van der Waals surface area (Å²) < 4.78 is 5.30. The van der Waals surface area contributed by atoms with E-state index < -0.39 is 0 Å². The summed E-state index contributed by atoms with van der Waals surface area (Å²) in [4.78, 5) is 2.35. The van der Waals surface area contributed by atoms with Crippen LogP contribution in [0.25, 0.3) is 5.57 Å². The molecule has 0 amide bonds. The van der Waals surface area contributed by atoms with Crippen molar-refractivity contribution in [3.63, 3.8) is 0 Å². The zero-order valence-electron chi connectivity index (χ0n) is 11.2. The lowest BCUT2D eigenvalue weighted by molar-refractivity contribution is 0.320. The maximum absolute atomic E-state index is 5.30. The van der Waals surface area contributed by atoms with Crippen molar-refractivity contribution in [2.24, 2.45) is 5.92 Å². The smallest absolute Gasteiger partial charge is 0.119 e. The zero-order valence-corrected chi connectivity index (χ0v) is 11.2. The van der Waals surface area contributed by atoms with E-state index in [-0.39, 0.29) is 0 Å². The van der Waals surface area contributed by atoms with Crippen LogP contribution < -0.4 is 4.74 Å². The van der Waals surface area contributed by atoms with Crippen molar-refractivity contribution in [3.8, 4) is 5.75 Å². The molecule has 2 nitrogen and oxygen atoms in total. The minimum Gasteiger partial charge on any atom is -0.497 e. The number of benzene rings is 1. The van der Waals surface area contributed by atoms with E-state index in [1.54, 1.807) is 7.11 Å². The van der Waals surface area contributed by atoms with Gasteiger partial charge in [0, 0.05) is 19.0 Å². The van der Waals surface area contributed by atoms with Crippen LogP contribution in [0.4, 0.5) is 0 Å². The lowest BCUT2D eigenvalue weighted by Gasteiger charge is -2.30. The van der Waals surface area contributed by atoms with E-state index in [0.717, 1.165) is 25.3 Å². The van der Waals surface area contributed by atoms with Gasteiger partial charge in [0.05, 0.1) is 7.11 Å². The topological polar surface area (TPSA) is 12.5 Å². The Labute approximate surface area is 110 Å². The number of nitrogens with zero attached hydrogens (tertiary/aromatic N) is 1. The first-order valence-electron chi connectivity index (χ1n) is 6.38. The van der Waals surface area contributed by atoms with Crippen LogP contribution in [-0.2, 0) is 0 Å². The van der Waals surface area contributed by atoms with Crippen LogP contribution >= 0.6 is 0 Å². The highest BCUT2D eigenvalue weighted by molar-refractivity contribution is 5.69. The molecule has 0 N–H and O–H groups in total. The fourth-order valence-electron chi connectivity index (χ4n) is 2.53. The van der Waals surface area contributed by atoms with Crippen LogP contribution in [0, 0.1) is 5.92 Å². The zero-order chi connectivity index (χ0) is 13.0. The van der Waals surface area contributed by atoms with Crippen molar-refractivity contribution < 1.29 is 4.74 Å². The summed E-state index contributed by atoms with van der Waals surface area (Å²) in [5.41, 5.74) is 2.70. The number of hydrogen-bond donors (Lipinski definition) is 0. The predicted molar refractivity (Wildman–Crippen MR) is 76.8 cm³/mol. The first kappa shape index (κ1) is 12.9. The second-order valence-corrected chi connectivity index (χ2v) is 4.83. The van der Waals surface area contributed by atoms with E-state index in [9.17, 15) is 0 Å². The van der Waals surface area contributed by atoms with Crippen LogP contribution in [0.5, 0.6) is 5.75 Å². The molecule has 1 unspecified atom stereocenters. The van der Waals surface area contributed by atoms with Crippen molar-refractivity contribution in [1.29, 1.82) is 0 Å². The molecular formula is C16H21NO. The Morgan fingerprint density at radius 1 is 1.50 bits per heavy atom. The van der Waals surface area contributed by atoms with E-state index in [0.29, 0.717) is 5.92 Å². The van der Waals surface area contributed by atoms with Crippen molar-refractivity contribution >= 4 is 5.57 Å². The van der Waals surface area contributed by atoms with Crippen LogP contribution in [0.2, 0.25) is 0 Å². The second-order valence-electron chi connectivity index (χ2n) is 4.83. The minimum atomic E-state index is 0.536. The van der Waals surface area contributed by atoms with Gasteiger partial charge in [-0.15, -0.1) is 6.58 Å². The Morgan fingerprint density at radius 3 is 3.06 bits per heavy atom. The molecule has 0 saturated heterocycles. The Kier molecular flexibility index (Phi) is 4.21. The number of ether oxygens (including phenoxy) is 1. The van der Waals surface area contributed by atoms with Crippen LogP contribution in [-0.4, -0.2) is 32.1 Å². The summed E-state index contributed by atoms with van der Waals surface area (Å²) in [6, 6.07) is 8.32. The van der Waals surface area contributed by atoms with Crippen molar-refractivity contribution in [3.05, 3.63) is 48.6 Å². The summed E-state index contributed by atoms with van der Waals surface area (Å²) >= 11 is 0. The molecule has 0 fully saturated rings. The number of rotatable bonds is 4. The Bertz CT molecular complexity index is 450. The van der Waals surface area contributed by atoms with Gasteiger partial charge in [-0.3, -0.25) is 0 Å². The van der Waals surface area contributed by atoms with Crippen molar-refractivity contribution in [2.45, 2.75) is 6.42 Å². The number of likely N-dealkylation sites (N-methyl/N-ethyl adjacent to an activating group) is 1. The molecule has 1 aliphatic rings. The van der Waals surface area contributed by atoms with Gasteiger partial charge < -0.3 is 9.64 Å². The van der Waals surface area contributed by atoms with Gasteiger partial charge in [-0.1, -0.05) is 24.3 Å². The van der Waals surface area contributed by atoms with Crippen molar-refractivity contribution in [2.75, 3.05) is 27.2 Å². The molecule has 0 spiro atoms. The standard InChI is InChI=1S/C16H21NO/c1-4-6-14-12-17(2)10-9-16(14)13-7-5-8-15(11-13)18-3/h4-5,7-9,11,14H,1,6,10,12H2,2-3H3. The van der Waals surface area contributed by atoms with Gasteiger partial charge in [0.15, 0.2) is 0 Å². The van der Waals surface area contributed by atoms with E-state index in [1.807, 2.05) is 12.1 Å². The van der Waals surface area contributed by atoms with Gasteiger partial charge in [-0.25, -0.2) is 0 Å². The molecule has 1 aromatic rings. The quantitative estimate of drug-likeness (QED) is 0.753. The fraction of sp³-hybridized carbons (Fsp3) is 0.375. The molecule has 1 heterocycles. The molecule has 1 aliphatic heterocycles. The molecule has 1 atom stereocenters. The maximum atomic E-state index is 5.30. The average molecular weight is 243 g/mol. The molecule has 0 aromatic heterocycles. The Hall–Kier alpha value is -1.54. The van der Waals surface area contributed by atoms with E-state index in [2.05, 4.69) is 42.8 Å². The molecule has 2 rings (SSSR count). The third-order valence-electron chi connectivity index (χ3n) is 3.45. The minimum absolute atomic E-state index is 0.536. The highest BCUT2D eigenvalue weighted by atomic mass is 16.5. The number of allylic oxidation sites excluding steroid dienone is 1.